The Labute approximate surface area is 201 Å². The fourth-order valence-electron chi connectivity index (χ4n) is 3.04. The van der Waals surface area contributed by atoms with Crippen LogP contribution in [0.15, 0.2) is 0 Å². The molecule has 10 nitrogen and oxygen atoms in total. The smallest absolute Gasteiger partial charge is 0.312 e. The number of hydrogen-bond donors (Lipinski definition) is 5. The van der Waals surface area contributed by atoms with Gasteiger partial charge in [-0.3, -0.25) is 19.2 Å². The van der Waals surface area contributed by atoms with Crippen molar-refractivity contribution in [3.63, 3.8) is 0 Å². The Morgan fingerprint density at radius 3 is 2.00 bits per heavy atom. The molecule has 0 aromatic rings. The normalized spacial score (nSPS) is 13.1. The first kappa shape index (κ1) is 30.6. The first-order chi connectivity index (χ1) is 15.3. The number of rotatable bonds is 15. The Kier molecular flexibility index (Phi) is 14.4. The minimum absolute atomic E-state index is 0.105. The second-order valence-corrected chi connectivity index (χ2v) is 9.61. The largest absolute Gasteiger partial charge is 0.355 e. The summed E-state index contributed by atoms with van der Waals surface area (Å²) >= 11 is 5.40. The molecule has 11 heteroatoms. The Balaban J connectivity index is 4.92. The first-order valence-electron chi connectivity index (χ1n) is 11.3. The van der Waals surface area contributed by atoms with Gasteiger partial charge in [0.1, 0.15) is 11.9 Å². The predicted molar refractivity (Wildman–Crippen MR) is 128 cm³/mol. The zero-order valence-corrected chi connectivity index (χ0v) is 21.1. The molecule has 0 saturated carbocycles. The molecule has 0 radical (unpaired) electrons. The molecule has 190 valence electrons. The molecule has 0 aliphatic carbocycles. The van der Waals surface area contributed by atoms with Crippen molar-refractivity contribution in [1.82, 2.24) is 21.3 Å². The second kappa shape index (κ2) is 15.5. The van der Waals surface area contributed by atoms with E-state index in [0.29, 0.717) is 32.2 Å². The minimum Gasteiger partial charge on any atom is -0.355 e. The quantitative estimate of drug-likeness (QED) is 0.172. The van der Waals surface area contributed by atoms with Crippen LogP contribution in [0.25, 0.3) is 0 Å². The highest BCUT2D eigenvalue weighted by Crippen LogP contribution is 2.19. The molecule has 0 aliphatic heterocycles. The van der Waals surface area contributed by atoms with E-state index < -0.39 is 29.4 Å². The van der Waals surface area contributed by atoms with Crippen molar-refractivity contribution in [2.75, 3.05) is 19.0 Å². The lowest BCUT2D eigenvalue weighted by Crippen LogP contribution is -2.55. The van der Waals surface area contributed by atoms with Crippen LogP contribution >= 0.6 is 11.6 Å². The third-order valence-corrected chi connectivity index (χ3v) is 5.12. The lowest BCUT2D eigenvalue weighted by Gasteiger charge is -2.28. The second-order valence-electron chi connectivity index (χ2n) is 9.34. The standard InChI is InChI=1S/C22H40ClN5O5/c1-14(2)18(28-16(29)10-6-7-11-25-17(30)13-23)20(32)27-15(19(31)22(3,4)5)9-8-12-26-21(24)33/h14-15,18H,6-13H2,1-5H3,(H,25,30)(H,27,32)(H,28,29)(H3,24,26,33)/t15-,18?/m0/s1. The molecule has 0 fully saturated rings. The summed E-state index contributed by atoms with van der Waals surface area (Å²) in [5, 5.41) is 10.6. The summed E-state index contributed by atoms with van der Waals surface area (Å²) in [5.74, 6) is -1.41. The van der Waals surface area contributed by atoms with Crippen LogP contribution in [0.3, 0.4) is 0 Å². The van der Waals surface area contributed by atoms with E-state index >= 15 is 0 Å². The highest BCUT2D eigenvalue weighted by Gasteiger charge is 2.33. The number of carbonyl (C=O) groups is 5. The summed E-state index contributed by atoms with van der Waals surface area (Å²) in [6.07, 6.45) is 2.13. The van der Waals surface area contributed by atoms with Crippen molar-refractivity contribution in [3.05, 3.63) is 0 Å². The average molecular weight is 490 g/mol. The van der Waals surface area contributed by atoms with Crippen molar-refractivity contribution in [3.8, 4) is 0 Å². The van der Waals surface area contributed by atoms with Crippen LogP contribution in [0.2, 0.25) is 0 Å². The van der Waals surface area contributed by atoms with Crippen LogP contribution in [0, 0.1) is 11.3 Å². The van der Waals surface area contributed by atoms with E-state index in [-0.39, 0.29) is 42.4 Å². The molecule has 2 atom stereocenters. The molecule has 5 amide bonds. The maximum atomic E-state index is 13.0. The Morgan fingerprint density at radius 1 is 0.879 bits per heavy atom. The molecule has 0 heterocycles. The zero-order valence-electron chi connectivity index (χ0n) is 20.4. The third kappa shape index (κ3) is 13.7. The number of unbranched alkanes of at least 4 members (excludes halogenated alkanes) is 1. The minimum atomic E-state index is -0.799. The van der Waals surface area contributed by atoms with E-state index in [1.54, 1.807) is 20.8 Å². The number of hydrogen-bond acceptors (Lipinski definition) is 5. The number of nitrogens with two attached hydrogens (primary N) is 1. The molecule has 1 unspecified atom stereocenters. The van der Waals surface area contributed by atoms with Crippen molar-refractivity contribution in [2.24, 2.45) is 17.1 Å². The lowest BCUT2D eigenvalue weighted by atomic mass is 9.84. The van der Waals surface area contributed by atoms with Crippen molar-refractivity contribution >= 4 is 41.1 Å². The van der Waals surface area contributed by atoms with Crippen LogP contribution < -0.4 is 27.0 Å². The summed E-state index contributed by atoms with van der Waals surface area (Å²) in [6.45, 7) is 9.64. The maximum absolute atomic E-state index is 13.0. The lowest BCUT2D eigenvalue weighted by molar-refractivity contribution is -0.135. The van der Waals surface area contributed by atoms with E-state index in [4.69, 9.17) is 17.3 Å². The van der Waals surface area contributed by atoms with Crippen molar-refractivity contribution in [2.45, 2.75) is 78.8 Å². The Bertz CT molecular complexity index is 679. The molecule has 0 aromatic carbocycles. The Morgan fingerprint density at radius 2 is 1.48 bits per heavy atom. The molecule has 0 saturated heterocycles. The van der Waals surface area contributed by atoms with Gasteiger partial charge in [-0.1, -0.05) is 34.6 Å². The summed E-state index contributed by atoms with van der Waals surface area (Å²) in [6, 6.07) is -2.20. The third-order valence-electron chi connectivity index (χ3n) is 4.88. The first-order valence-corrected chi connectivity index (χ1v) is 11.8. The summed E-state index contributed by atoms with van der Waals surface area (Å²) in [7, 11) is 0. The molecule has 0 spiro atoms. The van der Waals surface area contributed by atoms with Gasteiger partial charge < -0.3 is 27.0 Å². The number of alkyl halides is 1. The molecule has 0 bridgehead atoms. The van der Waals surface area contributed by atoms with Crippen molar-refractivity contribution < 1.29 is 24.0 Å². The highest BCUT2D eigenvalue weighted by molar-refractivity contribution is 6.27. The average Bonchev–Trinajstić information content (AvgIpc) is 2.71. The van der Waals surface area contributed by atoms with Gasteiger partial charge in [0.15, 0.2) is 5.78 Å². The van der Waals surface area contributed by atoms with Crippen LogP contribution in [-0.4, -0.2) is 60.6 Å². The van der Waals surface area contributed by atoms with Gasteiger partial charge in [-0.05, 0) is 31.6 Å². The Hall–Kier alpha value is -2.36. The number of nitrogens with one attached hydrogen (secondary N) is 4. The molecular weight excluding hydrogens is 450 g/mol. The van der Waals surface area contributed by atoms with Crippen LogP contribution in [0.1, 0.15) is 66.7 Å². The number of urea groups is 1. The number of halogens is 1. The molecule has 0 rings (SSSR count). The van der Waals surface area contributed by atoms with Gasteiger partial charge in [-0.15, -0.1) is 11.6 Å². The number of amides is 5. The topological polar surface area (TPSA) is 159 Å². The molecule has 6 N–H and O–H groups in total. The number of ketones is 1. The van der Waals surface area contributed by atoms with Crippen LogP contribution in [0.5, 0.6) is 0 Å². The molecular formula is C22H40ClN5O5. The van der Waals surface area contributed by atoms with E-state index in [0.717, 1.165) is 0 Å². The highest BCUT2D eigenvalue weighted by atomic mass is 35.5. The summed E-state index contributed by atoms with van der Waals surface area (Å²) < 4.78 is 0. The number of primary amides is 1. The van der Waals surface area contributed by atoms with Gasteiger partial charge in [-0.2, -0.15) is 0 Å². The molecule has 0 aliphatic rings. The van der Waals surface area contributed by atoms with Gasteiger partial charge in [0, 0.05) is 24.9 Å². The SMILES string of the molecule is CC(C)C(NC(=O)CCCCNC(=O)CCl)C(=O)N[C@@H](CCCNC(N)=O)C(=O)C(C)(C)C. The van der Waals surface area contributed by atoms with Crippen LogP contribution in [-0.2, 0) is 19.2 Å². The van der Waals surface area contributed by atoms with Gasteiger partial charge in [0.05, 0.1) is 6.04 Å². The summed E-state index contributed by atoms with van der Waals surface area (Å²) in [4.78, 5) is 60.1. The monoisotopic (exact) mass is 489 g/mol. The number of carbonyl (C=O) groups excluding carboxylic acids is 5. The van der Waals surface area contributed by atoms with Gasteiger partial charge in [0.25, 0.3) is 0 Å². The van der Waals surface area contributed by atoms with E-state index in [1.807, 2.05) is 13.8 Å². The molecule has 33 heavy (non-hydrogen) atoms. The van der Waals surface area contributed by atoms with Gasteiger partial charge >= 0.3 is 6.03 Å². The van der Waals surface area contributed by atoms with Gasteiger partial charge in [0.2, 0.25) is 17.7 Å². The number of Topliss-reactive ketones (excluding diaryl/α,β-unsaturated/α-hetero) is 1. The van der Waals surface area contributed by atoms with Crippen molar-refractivity contribution in [1.29, 1.82) is 0 Å². The molecule has 0 aromatic heterocycles. The fourth-order valence-corrected chi connectivity index (χ4v) is 3.13. The fraction of sp³-hybridized carbons (Fsp3) is 0.773. The predicted octanol–water partition coefficient (Wildman–Crippen LogP) is 1.20. The zero-order chi connectivity index (χ0) is 25.6. The van der Waals surface area contributed by atoms with Crippen LogP contribution in [0.4, 0.5) is 4.79 Å². The van der Waals surface area contributed by atoms with Gasteiger partial charge in [-0.25, -0.2) is 4.79 Å². The van der Waals surface area contributed by atoms with E-state index in [2.05, 4.69) is 21.3 Å². The van der Waals surface area contributed by atoms with E-state index in [9.17, 15) is 24.0 Å². The van der Waals surface area contributed by atoms with E-state index in [1.165, 1.54) is 0 Å². The summed E-state index contributed by atoms with van der Waals surface area (Å²) in [5.41, 5.74) is 4.38. The maximum Gasteiger partial charge on any atom is 0.312 e.